The Morgan fingerprint density at radius 1 is 1.29 bits per heavy atom. The van der Waals surface area contributed by atoms with E-state index in [2.05, 4.69) is 23.1 Å². The van der Waals surface area contributed by atoms with Gasteiger partial charge in [0.2, 0.25) is 0 Å². The van der Waals surface area contributed by atoms with Crippen molar-refractivity contribution in [3.05, 3.63) is 47.3 Å². The monoisotopic (exact) mass is 328 g/mol. The minimum atomic E-state index is 0.0129. The third-order valence-electron chi connectivity index (χ3n) is 4.37. The van der Waals surface area contributed by atoms with Crippen LogP contribution < -0.4 is 4.90 Å². The van der Waals surface area contributed by atoms with Crippen LogP contribution in [-0.4, -0.2) is 54.4 Å². The molecule has 0 unspecified atom stereocenters. The molecule has 0 aliphatic carbocycles. The Morgan fingerprint density at radius 3 is 2.88 bits per heavy atom. The van der Waals surface area contributed by atoms with Crippen molar-refractivity contribution in [1.29, 1.82) is 0 Å². The number of carbonyl (C=O) groups is 1. The van der Waals surface area contributed by atoms with Gasteiger partial charge in [0, 0.05) is 38.6 Å². The van der Waals surface area contributed by atoms with Crippen LogP contribution in [0.25, 0.3) is 0 Å². The number of aryl methyl sites for hydroxylation is 1. The maximum atomic E-state index is 13.2. The van der Waals surface area contributed by atoms with Gasteiger partial charge in [-0.15, -0.1) is 0 Å². The first kappa shape index (κ1) is 16.7. The van der Waals surface area contributed by atoms with Crippen LogP contribution in [0.2, 0.25) is 0 Å². The highest BCUT2D eigenvalue weighted by Crippen LogP contribution is 2.26. The van der Waals surface area contributed by atoms with E-state index in [9.17, 15) is 4.79 Å². The fourth-order valence-corrected chi connectivity index (χ4v) is 3.05. The lowest BCUT2D eigenvalue weighted by molar-refractivity contribution is 0.0985. The molecule has 1 aliphatic heterocycles. The van der Waals surface area contributed by atoms with Crippen LogP contribution >= 0.6 is 0 Å². The number of fused-ring (bicyclic) bond motifs is 1. The minimum absolute atomic E-state index is 0.0129. The zero-order valence-electron chi connectivity index (χ0n) is 14.5. The molecule has 1 aromatic carbocycles. The molecule has 0 radical (unpaired) electrons. The predicted octanol–water partition coefficient (Wildman–Crippen LogP) is 1.93. The fraction of sp³-hybridized carbons (Fsp3) is 0.444. The number of likely N-dealkylation sites (N-methyl/N-ethyl adjacent to an activating group) is 1. The summed E-state index contributed by atoms with van der Waals surface area (Å²) in [4.78, 5) is 17.3. The molecule has 0 N–H and O–H groups in total. The molecule has 2 aromatic rings. The number of anilines is 1. The quantitative estimate of drug-likeness (QED) is 0.860. The molecule has 128 valence electrons. The van der Waals surface area contributed by atoms with Crippen molar-refractivity contribution < 1.29 is 9.53 Å². The van der Waals surface area contributed by atoms with Gasteiger partial charge in [0.25, 0.3) is 5.91 Å². The molecule has 0 saturated heterocycles. The molecule has 1 amide bonds. The highest BCUT2D eigenvalue weighted by Gasteiger charge is 2.26. The van der Waals surface area contributed by atoms with E-state index in [1.165, 1.54) is 5.56 Å². The molecule has 0 atom stereocenters. The van der Waals surface area contributed by atoms with Gasteiger partial charge in [0.15, 0.2) is 0 Å². The Morgan fingerprint density at radius 2 is 2.08 bits per heavy atom. The van der Waals surface area contributed by atoms with E-state index in [0.29, 0.717) is 25.3 Å². The molecule has 0 spiro atoms. The lowest BCUT2D eigenvalue weighted by atomic mass is 10.1. The van der Waals surface area contributed by atoms with Gasteiger partial charge < -0.3 is 14.5 Å². The summed E-state index contributed by atoms with van der Waals surface area (Å²) in [6.07, 6.45) is 1.83. The van der Waals surface area contributed by atoms with Gasteiger partial charge in [0.05, 0.1) is 24.4 Å². The molecule has 24 heavy (non-hydrogen) atoms. The van der Waals surface area contributed by atoms with Crippen molar-refractivity contribution >= 4 is 11.6 Å². The second kappa shape index (κ2) is 7.15. The maximum Gasteiger partial charge on any atom is 0.261 e. The van der Waals surface area contributed by atoms with Crippen molar-refractivity contribution in [1.82, 2.24) is 14.7 Å². The third-order valence-corrected chi connectivity index (χ3v) is 4.37. The standard InChI is InChI=1S/C18H24N4O2/c1-14-16(13-21(19-14)10-11-24-3)18(23)22-9-8-20(2)12-15-6-4-5-7-17(15)22/h4-7,13H,8-12H2,1-3H3. The molecule has 2 heterocycles. The maximum absolute atomic E-state index is 13.2. The van der Waals surface area contributed by atoms with Crippen LogP contribution in [0.3, 0.4) is 0 Å². The SMILES string of the molecule is COCCn1cc(C(=O)N2CCN(C)Cc3ccccc32)c(C)n1. The summed E-state index contributed by atoms with van der Waals surface area (Å²) in [7, 11) is 3.74. The first-order valence-electron chi connectivity index (χ1n) is 8.21. The van der Waals surface area contributed by atoms with Crippen LogP contribution in [0.5, 0.6) is 0 Å². The summed E-state index contributed by atoms with van der Waals surface area (Å²) in [5.41, 5.74) is 3.59. The number of nitrogens with zero attached hydrogens (tertiary/aromatic N) is 4. The molecule has 1 aromatic heterocycles. The van der Waals surface area contributed by atoms with Crippen molar-refractivity contribution in [2.75, 3.05) is 38.8 Å². The lowest BCUT2D eigenvalue weighted by Crippen LogP contribution is -2.35. The number of rotatable bonds is 4. The molecule has 6 heteroatoms. The van der Waals surface area contributed by atoms with E-state index in [1.54, 1.807) is 11.8 Å². The average Bonchev–Trinajstić information content (AvgIpc) is 2.85. The van der Waals surface area contributed by atoms with Crippen molar-refractivity contribution in [3.8, 4) is 0 Å². The highest BCUT2D eigenvalue weighted by atomic mass is 16.5. The summed E-state index contributed by atoms with van der Waals surface area (Å²) in [6, 6.07) is 8.12. The van der Waals surface area contributed by atoms with Gasteiger partial charge >= 0.3 is 0 Å². The smallest absolute Gasteiger partial charge is 0.261 e. The number of ether oxygens (including phenoxy) is 1. The average molecular weight is 328 g/mol. The van der Waals surface area contributed by atoms with E-state index in [-0.39, 0.29) is 5.91 Å². The Hall–Kier alpha value is -2.18. The third kappa shape index (κ3) is 3.34. The number of carbonyl (C=O) groups excluding carboxylic acids is 1. The molecule has 0 saturated carbocycles. The van der Waals surface area contributed by atoms with Crippen LogP contribution in [-0.2, 0) is 17.8 Å². The van der Waals surface area contributed by atoms with Crippen LogP contribution in [0.15, 0.2) is 30.5 Å². The molecule has 1 aliphatic rings. The number of para-hydroxylation sites is 1. The summed E-state index contributed by atoms with van der Waals surface area (Å²) in [6.45, 7) is 5.47. The van der Waals surface area contributed by atoms with E-state index in [1.807, 2.05) is 36.2 Å². The van der Waals surface area contributed by atoms with E-state index >= 15 is 0 Å². The van der Waals surface area contributed by atoms with Gasteiger partial charge in [-0.1, -0.05) is 18.2 Å². The Labute approximate surface area is 142 Å². The Bertz CT molecular complexity index is 726. The normalized spacial score (nSPS) is 15.2. The lowest BCUT2D eigenvalue weighted by Gasteiger charge is -2.22. The Balaban J connectivity index is 1.91. The van der Waals surface area contributed by atoms with E-state index < -0.39 is 0 Å². The van der Waals surface area contributed by atoms with E-state index in [0.717, 1.165) is 24.5 Å². The largest absolute Gasteiger partial charge is 0.383 e. The summed E-state index contributed by atoms with van der Waals surface area (Å²) >= 11 is 0. The van der Waals surface area contributed by atoms with Crippen LogP contribution in [0.1, 0.15) is 21.6 Å². The summed E-state index contributed by atoms with van der Waals surface area (Å²) < 4.78 is 6.86. The molecule has 6 nitrogen and oxygen atoms in total. The van der Waals surface area contributed by atoms with Gasteiger partial charge in [0.1, 0.15) is 0 Å². The summed E-state index contributed by atoms with van der Waals surface area (Å²) in [5.74, 6) is 0.0129. The van der Waals surface area contributed by atoms with Crippen molar-refractivity contribution in [2.45, 2.75) is 20.0 Å². The fourth-order valence-electron chi connectivity index (χ4n) is 3.05. The van der Waals surface area contributed by atoms with E-state index in [4.69, 9.17) is 4.74 Å². The van der Waals surface area contributed by atoms with Gasteiger partial charge in [-0.2, -0.15) is 5.10 Å². The minimum Gasteiger partial charge on any atom is -0.383 e. The highest BCUT2D eigenvalue weighted by molar-refractivity contribution is 6.07. The Kier molecular flexibility index (Phi) is 4.97. The predicted molar refractivity (Wildman–Crippen MR) is 93.3 cm³/mol. The number of hydrogen-bond donors (Lipinski definition) is 0. The zero-order chi connectivity index (χ0) is 17.1. The number of amides is 1. The van der Waals surface area contributed by atoms with Gasteiger partial charge in [-0.05, 0) is 25.6 Å². The van der Waals surface area contributed by atoms with Crippen molar-refractivity contribution in [2.24, 2.45) is 0 Å². The number of methoxy groups -OCH3 is 1. The first-order chi connectivity index (χ1) is 11.6. The van der Waals surface area contributed by atoms with Gasteiger partial charge in [-0.3, -0.25) is 9.48 Å². The van der Waals surface area contributed by atoms with Crippen LogP contribution in [0, 0.1) is 6.92 Å². The van der Waals surface area contributed by atoms with Crippen molar-refractivity contribution in [3.63, 3.8) is 0 Å². The molecular formula is C18H24N4O2. The molecule has 0 bridgehead atoms. The number of benzene rings is 1. The second-order valence-corrected chi connectivity index (χ2v) is 6.21. The first-order valence-corrected chi connectivity index (χ1v) is 8.21. The van der Waals surface area contributed by atoms with Gasteiger partial charge in [-0.25, -0.2) is 0 Å². The summed E-state index contributed by atoms with van der Waals surface area (Å²) in [5, 5.41) is 4.44. The van der Waals surface area contributed by atoms with Crippen LogP contribution in [0.4, 0.5) is 5.69 Å². The molecular weight excluding hydrogens is 304 g/mol. The topological polar surface area (TPSA) is 50.6 Å². The number of aromatic nitrogens is 2. The zero-order valence-corrected chi connectivity index (χ0v) is 14.5. The second-order valence-electron chi connectivity index (χ2n) is 6.21. The number of hydrogen-bond acceptors (Lipinski definition) is 4. The molecule has 3 rings (SSSR count). The molecule has 0 fully saturated rings.